The first kappa shape index (κ1) is 15.8. The summed E-state index contributed by atoms with van der Waals surface area (Å²) in [7, 11) is 3.12. The fourth-order valence-electron chi connectivity index (χ4n) is 2.28. The molecule has 0 atom stereocenters. The maximum Gasteiger partial charge on any atom is 0.363 e. The number of ether oxygens (including phenoxy) is 3. The molecule has 0 bridgehead atoms. The van der Waals surface area contributed by atoms with E-state index < -0.39 is 5.97 Å². The van der Waals surface area contributed by atoms with E-state index in [9.17, 15) is 4.79 Å². The van der Waals surface area contributed by atoms with Crippen LogP contribution in [0.25, 0.3) is 6.08 Å². The van der Waals surface area contributed by atoms with Gasteiger partial charge in [0.15, 0.2) is 5.70 Å². The van der Waals surface area contributed by atoms with E-state index in [1.807, 2.05) is 31.2 Å². The highest BCUT2D eigenvalue weighted by molar-refractivity contribution is 6.13. The Morgan fingerprint density at radius 3 is 2.21 bits per heavy atom. The van der Waals surface area contributed by atoms with Crippen LogP contribution in [-0.4, -0.2) is 26.1 Å². The zero-order chi connectivity index (χ0) is 17.1. The number of methoxy groups -OCH3 is 2. The van der Waals surface area contributed by atoms with E-state index in [2.05, 4.69) is 4.99 Å². The Morgan fingerprint density at radius 2 is 1.62 bits per heavy atom. The standard InChI is InChI=1S/C19H17NO4/c1-12-4-6-13(7-5-12)8-17-19(21)24-18(20-17)14-9-15(22-2)11-16(10-14)23-3/h4-11H,1-3H3/b17-8+. The minimum atomic E-state index is -0.479. The topological polar surface area (TPSA) is 57.1 Å². The second-order valence-electron chi connectivity index (χ2n) is 5.35. The summed E-state index contributed by atoms with van der Waals surface area (Å²) in [5.74, 6) is 0.945. The molecule has 1 aliphatic heterocycles. The number of aliphatic imine (C=N–C) groups is 1. The van der Waals surface area contributed by atoms with E-state index in [-0.39, 0.29) is 11.6 Å². The quantitative estimate of drug-likeness (QED) is 0.639. The van der Waals surface area contributed by atoms with Gasteiger partial charge in [0, 0.05) is 11.6 Å². The monoisotopic (exact) mass is 323 g/mol. The summed E-state index contributed by atoms with van der Waals surface area (Å²) in [6.07, 6.45) is 1.70. The number of rotatable bonds is 4. The number of aryl methyl sites for hydroxylation is 1. The number of benzene rings is 2. The van der Waals surface area contributed by atoms with Crippen LogP contribution in [0.4, 0.5) is 0 Å². The van der Waals surface area contributed by atoms with Crippen molar-refractivity contribution in [2.24, 2.45) is 4.99 Å². The van der Waals surface area contributed by atoms with E-state index in [4.69, 9.17) is 14.2 Å². The van der Waals surface area contributed by atoms with Gasteiger partial charge in [-0.1, -0.05) is 29.8 Å². The molecule has 0 aromatic heterocycles. The molecule has 0 amide bonds. The third kappa shape index (κ3) is 3.30. The maximum atomic E-state index is 12.1. The highest BCUT2D eigenvalue weighted by Crippen LogP contribution is 2.26. The first-order valence-electron chi connectivity index (χ1n) is 7.42. The number of carbonyl (C=O) groups excluding carboxylic acids is 1. The molecule has 122 valence electrons. The predicted octanol–water partition coefficient (Wildman–Crippen LogP) is 3.36. The molecular weight excluding hydrogens is 306 g/mol. The van der Waals surface area contributed by atoms with Crippen molar-refractivity contribution in [1.82, 2.24) is 0 Å². The second kappa shape index (κ2) is 6.58. The summed E-state index contributed by atoms with van der Waals surface area (Å²) in [4.78, 5) is 16.4. The second-order valence-corrected chi connectivity index (χ2v) is 5.35. The molecule has 3 rings (SSSR count). The fraction of sp³-hybridized carbons (Fsp3) is 0.158. The van der Waals surface area contributed by atoms with Gasteiger partial charge in [0.1, 0.15) is 11.5 Å². The lowest BCUT2D eigenvalue weighted by Gasteiger charge is -2.07. The average Bonchev–Trinajstić information content (AvgIpc) is 2.97. The summed E-state index contributed by atoms with van der Waals surface area (Å²) < 4.78 is 15.7. The van der Waals surface area contributed by atoms with E-state index in [1.54, 1.807) is 38.5 Å². The van der Waals surface area contributed by atoms with Crippen LogP contribution < -0.4 is 9.47 Å². The van der Waals surface area contributed by atoms with Crippen molar-refractivity contribution in [2.45, 2.75) is 6.92 Å². The third-order valence-corrected chi connectivity index (χ3v) is 3.60. The zero-order valence-electron chi connectivity index (χ0n) is 13.7. The predicted molar refractivity (Wildman–Crippen MR) is 91.3 cm³/mol. The fourth-order valence-corrected chi connectivity index (χ4v) is 2.28. The third-order valence-electron chi connectivity index (χ3n) is 3.60. The van der Waals surface area contributed by atoms with Crippen molar-refractivity contribution in [3.63, 3.8) is 0 Å². The van der Waals surface area contributed by atoms with E-state index in [0.29, 0.717) is 17.1 Å². The molecule has 0 N–H and O–H groups in total. The van der Waals surface area contributed by atoms with Gasteiger partial charge in [-0.2, -0.15) is 0 Å². The van der Waals surface area contributed by atoms with Gasteiger partial charge in [-0.15, -0.1) is 0 Å². The Labute approximate surface area is 140 Å². The average molecular weight is 323 g/mol. The van der Waals surface area contributed by atoms with Crippen molar-refractivity contribution in [1.29, 1.82) is 0 Å². The summed E-state index contributed by atoms with van der Waals surface area (Å²) >= 11 is 0. The zero-order valence-corrected chi connectivity index (χ0v) is 13.7. The van der Waals surface area contributed by atoms with Crippen LogP contribution in [-0.2, 0) is 9.53 Å². The van der Waals surface area contributed by atoms with E-state index in [1.165, 1.54) is 0 Å². The molecule has 0 aliphatic carbocycles. The van der Waals surface area contributed by atoms with Crippen molar-refractivity contribution < 1.29 is 19.0 Å². The van der Waals surface area contributed by atoms with Gasteiger partial charge >= 0.3 is 5.97 Å². The molecule has 0 saturated carbocycles. The summed E-state index contributed by atoms with van der Waals surface area (Å²) in [5.41, 5.74) is 2.92. The number of hydrogen-bond acceptors (Lipinski definition) is 5. The van der Waals surface area contributed by atoms with Gasteiger partial charge in [-0.05, 0) is 30.7 Å². The lowest BCUT2D eigenvalue weighted by atomic mass is 10.1. The van der Waals surface area contributed by atoms with Crippen LogP contribution in [0.15, 0.2) is 53.2 Å². The minimum absolute atomic E-state index is 0.232. The Kier molecular flexibility index (Phi) is 4.33. The van der Waals surface area contributed by atoms with Crippen molar-refractivity contribution >= 4 is 17.9 Å². The molecule has 2 aromatic carbocycles. The van der Waals surface area contributed by atoms with Crippen LogP contribution in [0.2, 0.25) is 0 Å². The van der Waals surface area contributed by atoms with Crippen molar-refractivity contribution in [3.05, 3.63) is 64.9 Å². The summed E-state index contributed by atoms with van der Waals surface area (Å²) in [6, 6.07) is 13.0. The molecule has 5 heteroatoms. The van der Waals surface area contributed by atoms with Gasteiger partial charge in [0.25, 0.3) is 0 Å². The summed E-state index contributed by atoms with van der Waals surface area (Å²) in [6.45, 7) is 2.01. The molecule has 24 heavy (non-hydrogen) atoms. The normalized spacial score (nSPS) is 15.2. The van der Waals surface area contributed by atoms with Gasteiger partial charge < -0.3 is 14.2 Å². The smallest absolute Gasteiger partial charge is 0.363 e. The van der Waals surface area contributed by atoms with Gasteiger partial charge in [-0.3, -0.25) is 0 Å². The first-order valence-corrected chi connectivity index (χ1v) is 7.42. The molecule has 5 nitrogen and oxygen atoms in total. The van der Waals surface area contributed by atoms with Crippen molar-refractivity contribution in [2.75, 3.05) is 14.2 Å². The maximum absolute atomic E-state index is 12.1. The highest BCUT2D eigenvalue weighted by atomic mass is 16.6. The SMILES string of the molecule is COc1cc(OC)cc(C2=N/C(=C/c3ccc(C)cc3)C(=O)O2)c1. The molecule has 1 heterocycles. The van der Waals surface area contributed by atoms with Crippen LogP contribution in [0.1, 0.15) is 16.7 Å². The Morgan fingerprint density at radius 1 is 1.00 bits per heavy atom. The van der Waals surface area contributed by atoms with Crippen LogP contribution >= 0.6 is 0 Å². The van der Waals surface area contributed by atoms with Gasteiger partial charge in [0.05, 0.1) is 14.2 Å². The van der Waals surface area contributed by atoms with Crippen molar-refractivity contribution in [3.8, 4) is 11.5 Å². The Hall–Kier alpha value is -3.08. The number of nitrogens with zero attached hydrogens (tertiary/aromatic N) is 1. The first-order chi connectivity index (χ1) is 11.6. The number of carbonyl (C=O) groups is 1. The molecule has 0 spiro atoms. The minimum Gasteiger partial charge on any atom is -0.497 e. The molecular formula is C19H17NO4. The Balaban J connectivity index is 1.95. The number of esters is 1. The molecule has 0 unspecified atom stereocenters. The molecule has 1 aliphatic rings. The van der Waals surface area contributed by atoms with E-state index >= 15 is 0 Å². The van der Waals surface area contributed by atoms with Gasteiger partial charge in [0.2, 0.25) is 5.90 Å². The summed E-state index contributed by atoms with van der Waals surface area (Å²) in [5, 5.41) is 0. The van der Waals surface area contributed by atoms with Crippen LogP contribution in [0, 0.1) is 6.92 Å². The molecule has 0 saturated heterocycles. The largest absolute Gasteiger partial charge is 0.497 e. The lowest BCUT2D eigenvalue weighted by Crippen LogP contribution is -2.06. The van der Waals surface area contributed by atoms with Gasteiger partial charge in [-0.25, -0.2) is 9.79 Å². The molecule has 2 aromatic rings. The number of cyclic esters (lactones) is 1. The number of hydrogen-bond donors (Lipinski definition) is 0. The van der Waals surface area contributed by atoms with Crippen LogP contribution in [0.3, 0.4) is 0 Å². The van der Waals surface area contributed by atoms with E-state index in [0.717, 1.165) is 11.1 Å². The van der Waals surface area contributed by atoms with Crippen LogP contribution in [0.5, 0.6) is 11.5 Å². The molecule has 0 fully saturated rings. The Bertz CT molecular complexity index is 813. The lowest BCUT2D eigenvalue weighted by molar-refractivity contribution is -0.129. The molecule has 0 radical (unpaired) electrons. The highest BCUT2D eigenvalue weighted by Gasteiger charge is 2.25.